The van der Waals surface area contributed by atoms with Gasteiger partial charge in [-0.1, -0.05) is 6.92 Å². The number of hydrogen-bond acceptors (Lipinski definition) is 6. The molecule has 0 radical (unpaired) electrons. The Morgan fingerprint density at radius 3 is 2.81 bits per heavy atom. The number of anilines is 2. The van der Waals surface area contributed by atoms with Crippen molar-refractivity contribution < 1.29 is 23.6 Å². The molecule has 2 N–H and O–H groups in total. The molecule has 2 amide bonds. The number of amides is 2. The van der Waals surface area contributed by atoms with Gasteiger partial charge in [0.15, 0.2) is 0 Å². The van der Waals surface area contributed by atoms with Crippen LogP contribution < -0.4 is 15.5 Å². The zero-order valence-electron chi connectivity index (χ0n) is 14.7. The second-order valence-electron chi connectivity index (χ2n) is 6.16. The van der Waals surface area contributed by atoms with Crippen molar-refractivity contribution in [2.45, 2.75) is 19.4 Å². The van der Waals surface area contributed by atoms with E-state index in [2.05, 4.69) is 0 Å². The van der Waals surface area contributed by atoms with Gasteiger partial charge in [-0.3, -0.25) is 14.5 Å². The fourth-order valence-electron chi connectivity index (χ4n) is 3.04. The number of hydrogen-bond donors (Lipinski definition) is 1. The number of nitrogens with zero attached hydrogens (tertiary/aromatic N) is 3. The number of halogens is 1. The molecule has 2 aliphatic heterocycles. The topological polar surface area (TPSA) is 88.3 Å². The van der Waals surface area contributed by atoms with Crippen molar-refractivity contribution in [1.82, 2.24) is 5.06 Å². The normalized spacial score (nSPS) is 21.0. The quantitative estimate of drug-likeness (QED) is 0.859. The van der Waals surface area contributed by atoms with E-state index < -0.39 is 11.9 Å². The molecule has 0 aromatic heterocycles. The summed E-state index contributed by atoms with van der Waals surface area (Å²) in [5.41, 5.74) is 6.36. The molecule has 1 aromatic rings. The summed E-state index contributed by atoms with van der Waals surface area (Å²) in [5, 5.41) is 1.33. The highest BCUT2D eigenvalue weighted by Crippen LogP contribution is 2.28. The lowest BCUT2D eigenvalue weighted by Gasteiger charge is -2.23. The van der Waals surface area contributed by atoms with Gasteiger partial charge >= 0.3 is 6.09 Å². The molecule has 2 saturated heterocycles. The number of rotatable bonds is 4. The Balaban J connectivity index is 1.72. The summed E-state index contributed by atoms with van der Waals surface area (Å²) < 4.78 is 19.8. The van der Waals surface area contributed by atoms with Crippen LogP contribution in [0.3, 0.4) is 0 Å². The standard InChI is InChI=1S/C17H23FN4O4/c1-2-16(23)22-6-5-20(7-8-25-22)15-4-3-12(9-14(15)18)21-11-13(10-19)26-17(21)24/h3-4,9,13H,2,5-8,10-11,19H2,1H3/t13-/m0/s1. The molecule has 3 rings (SSSR count). The summed E-state index contributed by atoms with van der Waals surface area (Å²) in [5.74, 6) is -0.536. The molecule has 2 fully saturated rings. The highest BCUT2D eigenvalue weighted by molar-refractivity contribution is 5.90. The highest BCUT2D eigenvalue weighted by Gasteiger charge is 2.32. The second-order valence-corrected chi connectivity index (χ2v) is 6.16. The van der Waals surface area contributed by atoms with Gasteiger partial charge in [-0.15, -0.1) is 0 Å². The molecule has 1 aromatic carbocycles. The Hall–Kier alpha value is -2.39. The fraction of sp³-hybridized carbons (Fsp3) is 0.529. The minimum atomic E-state index is -0.524. The van der Waals surface area contributed by atoms with Gasteiger partial charge in [0.25, 0.3) is 0 Å². The van der Waals surface area contributed by atoms with Gasteiger partial charge in [0.2, 0.25) is 5.91 Å². The Kier molecular flexibility index (Phi) is 5.58. The summed E-state index contributed by atoms with van der Waals surface area (Å²) in [6, 6.07) is 4.63. The lowest BCUT2D eigenvalue weighted by molar-refractivity contribution is -0.181. The number of cyclic esters (lactones) is 1. The Labute approximate surface area is 151 Å². The first-order chi connectivity index (χ1) is 12.5. The molecule has 0 aliphatic carbocycles. The van der Waals surface area contributed by atoms with Crippen LogP contribution >= 0.6 is 0 Å². The van der Waals surface area contributed by atoms with E-state index in [4.69, 9.17) is 15.3 Å². The summed E-state index contributed by atoms with van der Waals surface area (Å²) >= 11 is 0. The number of hydroxylamine groups is 2. The average molecular weight is 366 g/mol. The molecule has 2 aliphatic rings. The predicted octanol–water partition coefficient (Wildman–Crippen LogP) is 1.10. The third-order valence-electron chi connectivity index (χ3n) is 4.48. The van der Waals surface area contributed by atoms with Crippen molar-refractivity contribution in [3.63, 3.8) is 0 Å². The molecule has 2 heterocycles. The monoisotopic (exact) mass is 366 g/mol. The smallest absolute Gasteiger partial charge is 0.414 e. The molecule has 1 atom stereocenters. The lowest BCUT2D eigenvalue weighted by atomic mass is 10.2. The first-order valence-electron chi connectivity index (χ1n) is 8.69. The van der Waals surface area contributed by atoms with Crippen molar-refractivity contribution in [2.75, 3.05) is 49.1 Å². The maximum absolute atomic E-state index is 14.7. The summed E-state index contributed by atoms with van der Waals surface area (Å²) in [6.45, 7) is 3.89. The van der Waals surface area contributed by atoms with Crippen molar-refractivity contribution >= 4 is 23.4 Å². The lowest BCUT2D eigenvalue weighted by Crippen LogP contribution is -2.34. The minimum Gasteiger partial charge on any atom is -0.443 e. The molecule has 0 spiro atoms. The van der Waals surface area contributed by atoms with E-state index in [1.807, 2.05) is 4.90 Å². The van der Waals surface area contributed by atoms with Gasteiger partial charge in [0.05, 0.1) is 31.1 Å². The molecule has 26 heavy (non-hydrogen) atoms. The third-order valence-corrected chi connectivity index (χ3v) is 4.48. The molecule has 0 bridgehead atoms. The Morgan fingerprint density at radius 1 is 1.35 bits per heavy atom. The van der Waals surface area contributed by atoms with E-state index in [0.29, 0.717) is 50.6 Å². The van der Waals surface area contributed by atoms with Gasteiger partial charge in [0.1, 0.15) is 11.9 Å². The van der Waals surface area contributed by atoms with Crippen LogP contribution in [0.1, 0.15) is 13.3 Å². The molecule has 142 valence electrons. The largest absolute Gasteiger partial charge is 0.443 e. The maximum atomic E-state index is 14.7. The SMILES string of the molecule is CCC(=O)N1CCN(c2ccc(N3C[C@H](CN)OC3=O)cc2F)CCO1. The number of nitrogens with two attached hydrogens (primary N) is 1. The number of carbonyl (C=O) groups is 2. The fourth-order valence-corrected chi connectivity index (χ4v) is 3.04. The number of ether oxygens (including phenoxy) is 1. The van der Waals surface area contributed by atoms with E-state index >= 15 is 0 Å². The first-order valence-corrected chi connectivity index (χ1v) is 8.69. The Morgan fingerprint density at radius 2 is 2.15 bits per heavy atom. The van der Waals surface area contributed by atoms with E-state index in [1.54, 1.807) is 19.1 Å². The summed E-state index contributed by atoms with van der Waals surface area (Å²) in [4.78, 5) is 32.3. The van der Waals surface area contributed by atoms with E-state index in [1.165, 1.54) is 16.0 Å². The van der Waals surface area contributed by atoms with E-state index in [9.17, 15) is 14.0 Å². The van der Waals surface area contributed by atoms with Gasteiger partial charge in [-0.25, -0.2) is 14.2 Å². The molecule has 0 unspecified atom stereocenters. The zero-order chi connectivity index (χ0) is 18.7. The van der Waals surface area contributed by atoms with Crippen molar-refractivity contribution in [3.05, 3.63) is 24.0 Å². The van der Waals surface area contributed by atoms with Gasteiger partial charge < -0.3 is 15.4 Å². The zero-order valence-corrected chi connectivity index (χ0v) is 14.7. The average Bonchev–Trinajstić information content (AvgIpc) is 2.86. The first kappa shape index (κ1) is 18.4. The van der Waals surface area contributed by atoms with Crippen LogP contribution in [0.2, 0.25) is 0 Å². The number of carbonyl (C=O) groups excluding carboxylic acids is 2. The van der Waals surface area contributed by atoms with Crippen LogP contribution in [0.4, 0.5) is 20.6 Å². The van der Waals surface area contributed by atoms with Crippen molar-refractivity contribution in [3.8, 4) is 0 Å². The van der Waals surface area contributed by atoms with Crippen LogP contribution in [-0.4, -0.2) is 62.5 Å². The summed E-state index contributed by atoms with van der Waals surface area (Å²) in [7, 11) is 0. The highest BCUT2D eigenvalue weighted by atomic mass is 19.1. The maximum Gasteiger partial charge on any atom is 0.414 e. The van der Waals surface area contributed by atoms with Gasteiger partial charge in [-0.2, -0.15) is 0 Å². The van der Waals surface area contributed by atoms with Crippen molar-refractivity contribution in [2.24, 2.45) is 5.73 Å². The molecule has 8 nitrogen and oxygen atoms in total. The van der Waals surface area contributed by atoms with E-state index in [0.717, 1.165) is 0 Å². The van der Waals surface area contributed by atoms with Crippen LogP contribution in [0.25, 0.3) is 0 Å². The minimum absolute atomic E-state index is 0.0929. The Bertz CT molecular complexity index is 687. The predicted molar refractivity (Wildman–Crippen MR) is 93.2 cm³/mol. The van der Waals surface area contributed by atoms with Crippen molar-refractivity contribution in [1.29, 1.82) is 0 Å². The number of benzene rings is 1. The molecule has 0 saturated carbocycles. The van der Waals surface area contributed by atoms with Gasteiger partial charge in [0, 0.05) is 26.1 Å². The van der Waals surface area contributed by atoms with Crippen LogP contribution in [-0.2, 0) is 14.4 Å². The van der Waals surface area contributed by atoms with E-state index in [-0.39, 0.29) is 18.6 Å². The molecule has 9 heteroatoms. The van der Waals surface area contributed by atoms with Crippen LogP contribution in [0.15, 0.2) is 18.2 Å². The summed E-state index contributed by atoms with van der Waals surface area (Å²) in [6.07, 6.45) is -0.543. The van der Waals surface area contributed by atoms with Gasteiger partial charge in [-0.05, 0) is 18.2 Å². The van der Waals surface area contributed by atoms with Crippen LogP contribution in [0, 0.1) is 5.82 Å². The third kappa shape index (κ3) is 3.73. The second kappa shape index (κ2) is 7.88. The molecular weight excluding hydrogens is 343 g/mol. The molecular formula is C17H23FN4O4. The van der Waals surface area contributed by atoms with Crippen LogP contribution in [0.5, 0.6) is 0 Å².